The van der Waals surface area contributed by atoms with Crippen LogP contribution in [0.4, 0.5) is 0 Å². The Bertz CT molecular complexity index is 1770. The van der Waals surface area contributed by atoms with Crippen molar-refractivity contribution in [1.29, 1.82) is 0 Å². The van der Waals surface area contributed by atoms with Gasteiger partial charge in [0.1, 0.15) is 5.75 Å². The quantitative estimate of drug-likeness (QED) is 0.257. The Hall–Kier alpha value is -3.75. The van der Waals surface area contributed by atoms with Crippen LogP contribution in [0.2, 0.25) is 0 Å². The number of hydrogen-bond acceptors (Lipinski definition) is 2. The smallest absolute Gasteiger partial charge is 0.0771 e. The number of methoxy groups -OCH3 is 2. The van der Waals surface area contributed by atoms with Crippen molar-refractivity contribution in [3.05, 3.63) is 169 Å². The molecule has 0 aromatic heterocycles. The second-order valence-corrected chi connectivity index (χ2v) is 10.9. The minimum Gasteiger partial charge on any atom is -0.126 e. The molecule has 0 fully saturated rings. The largest absolute Gasteiger partial charge is 0.126 e. The molecule has 0 saturated carbocycles. The molecule has 5 heteroatoms. The molecule has 0 aliphatic carbocycles. The molecule has 0 radical (unpaired) electrons. The van der Waals surface area contributed by atoms with Crippen molar-refractivity contribution >= 4 is 24.8 Å². The van der Waals surface area contributed by atoms with Crippen molar-refractivity contribution in [2.75, 3.05) is 14.2 Å². The molecule has 7 rings (SSSR count). The van der Waals surface area contributed by atoms with Gasteiger partial charge in [-0.15, -0.1) is 51.4 Å². The van der Waals surface area contributed by atoms with Gasteiger partial charge in [-0.2, -0.15) is 18.2 Å². The molecule has 0 spiro atoms. The summed E-state index contributed by atoms with van der Waals surface area (Å²) in [5, 5.41) is 5.39. The van der Waals surface area contributed by atoms with Crippen molar-refractivity contribution in [3.8, 4) is 22.6 Å². The van der Waals surface area contributed by atoms with Crippen LogP contribution in [-0.4, -0.2) is 17.4 Å². The summed E-state index contributed by atoms with van der Waals surface area (Å²) < 4.78 is 11.9. The minimum absolute atomic E-state index is 0. The molecule has 0 unspecified atom stereocenters. The van der Waals surface area contributed by atoms with Gasteiger partial charge in [-0.05, 0) is 6.07 Å². The average molecular weight is 695 g/mol. The van der Waals surface area contributed by atoms with Crippen LogP contribution in [0, 0.1) is 0 Å². The van der Waals surface area contributed by atoms with Crippen LogP contribution in [0.3, 0.4) is 0 Å². The van der Waals surface area contributed by atoms with Gasteiger partial charge in [-0.3, -0.25) is 0 Å². The van der Waals surface area contributed by atoms with Crippen LogP contribution in [0.1, 0.15) is 11.1 Å². The first kappa shape index (κ1) is 34.7. The van der Waals surface area contributed by atoms with Crippen molar-refractivity contribution < 1.29 is 58.5 Å². The van der Waals surface area contributed by atoms with Crippen molar-refractivity contribution in [2.45, 2.75) is 0 Å². The van der Waals surface area contributed by atoms with Gasteiger partial charge in [-0.25, -0.2) is 0 Å². The number of hydrogen-bond donors (Lipinski definition) is 0. The third-order valence-electron chi connectivity index (χ3n) is 7.03. The van der Waals surface area contributed by atoms with E-state index >= 15 is 0 Å². The van der Waals surface area contributed by atoms with Crippen LogP contribution in [-0.2, 0) is 24.2 Å². The summed E-state index contributed by atoms with van der Waals surface area (Å²) in [6.45, 7) is 0. The molecular formula is C39H32Cl2O2Zr-2. The second-order valence-electron chi connectivity index (χ2n) is 9.67. The summed E-state index contributed by atoms with van der Waals surface area (Å²) in [5.74, 6) is 1.64. The van der Waals surface area contributed by atoms with E-state index in [1.165, 1.54) is 60.1 Å². The van der Waals surface area contributed by atoms with E-state index < -0.39 is 0 Å². The Labute approximate surface area is 287 Å². The van der Waals surface area contributed by atoms with E-state index in [-0.39, 0.29) is 24.8 Å². The normalized spacial score (nSPS) is 9.82. The van der Waals surface area contributed by atoms with E-state index in [4.69, 9.17) is 9.47 Å². The SMILES string of the molecule is COc1ccc(-c2ccc[cH-]2)c(OC)c1.[Cl-].[Cl-].[Zr+2]=[C](c1ccccc1)c1ccccc1.c1ccc2c(c1)[cH-]c1ccccc12. The average Bonchev–Trinajstić information content (AvgIpc) is 3.74. The molecule has 0 heterocycles. The van der Waals surface area contributed by atoms with E-state index in [9.17, 15) is 0 Å². The molecular weight excluding hydrogens is 663 g/mol. The first-order valence-electron chi connectivity index (χ1n) is 13.8. The van der Waals surface area contributed by atoms with E-state index in [0.29, 0.717) is 0 Å². The zero-order valence-electron chi connectivity index (χ0n) is 24.6. The third kappa shape index (κ3) is 8.67. The van der Waals surface area contributed by atoms with Crippen LogP contribution in [0.5, 0.6) is 11.5 Å². The molecule has 7 aromatic carbocycles. The summed E-state index contributed by atoms with van der Waals surface area (Å²) in [5.41, 5.74) is 4.91. The Morgan fingerprint density at radius 3 is 1.57 bits per heavy atom. The molecule has 7 aromatic rings. The first-order valence-corrected chi connectivity index (χ1v) is 15.1. The van der Waals surface area contributed by atoms with Crippen LogP contribution in [0.15, 0.2) is 158 Å². The van der Waals surface area contributed by atoms with Crippen LogP contribution >= 0.6 is 0 Å². The predicted molar refractivity (Wildman–Crippen MR) is 174 cm³/mol. The molecule has 0 N–H and O–H groups in total. The molecule has 0 amide bonds. The zero-order valence-corrected chi connectivity index (χ0v) is 28.6. The van der Waals surface area contributed by atoms with Gasteiger partial charge in [0, 0.05) is 6.07 Å². The van der Waals surface area contributed by atoms with Crippen LogP contribution < -0.4 is 34.3 Å². The molecule has 0 atom stereocenters. The maximum atomic E-state index is 5.33. The summed E-state index contributed by atoms with van der Waals surface area (Å²) >= 11 is 1.46. The predicted octanol–water partition coefficient (Wildman–Crippen LogP) is 3.61. The van der Waals surface area contributed by atoms with Crippen molar-refractivity contribution in [2.24, 2.45) is 0 Å². The molecule has 44 heavy (non-hydrogen) atoms. The number of ether oxygens (including phenoxy) is 2. The van der Waals surface area contributed by atoms with Gasteiger partial charge in [0.15, 0.2) is 0 Å². The Kier molecular flexibility index (Phi) is 13.8. The van der Waals surface area contributed by atoms with Gasteiger partial charge in [0.2, 0.25) is 0 Å². The van der Waals surface area contributed by atoms with Gasteiger partial charge in [0.05, 0.1) is 20.0 Å². The topological polar surface area (TPSA) is 18.5 Å². The van der Waals surface area contributed by atoms with Crippen molar-refractivity contribution in [3.63, 3.8) is 0 Å². The second kappa shape index (κ2) is 17.5. The fraction of sp³-hybridized carbons (Fsp3) is 0.0513. The standard InChI is InChI=1S/C13H13O2.C13H9.C13H10.2ClH.Zr/c1-14-11-7-8-12(13(9-11)15-2)10-5-3-4-6-10;1-3-7-12-10(5-1)9-11-6-2-4-8-13(11)12;1-3-7-12(8-4-1)11-13-9-5-2-6-10-13;;;/h3-9H,1-2H3;1-9H;1-10H;2*1H;/q2*-1;;;;+2/p-2. The zero-order chi connectivity index (χ0) is 29.1. The Balaban J connectivity index is 0.000000177. The van der Waals surface area contributed by atoms with Gasteiger partial charge in [-0.1, -0.05) is 48.0 Å². The number of rotatable bonds is 5. The Morgan fingerprint density at radius 2 is 1.09 bits per heavy atom. The summed E-state index contributed by atoms with van der Waals surface area (Å²) in [6, 6.07) is 54.4. The van der Waals surface area contributed by atoms with E-state index in [1.54, 1.807) is 14.2 Å². The molecule has 0 saturated heterocycles. The summed E-state index contributed by atoms with van der Waals surface area (Å²) in [4.78, 5) is 0. The molecule has 0 bridgehead atoms. The van der Waals surface area contributed by atoms with E-state index in [2.05, 4.69) is 127 Å². The molecule has 0 aliphatic heterocycles. The minimum atomic E-state index is 0. The Morgan fingerprint density at radius 1 is 0.568 bits per heavy atom. The molecule has 0 aliphatic rings. The van der Waals surface area contributed by atoms with Crippen molar-refractivity contribution in [1.82, 2.24) is 0 Å². The molecule has 2 nitrogen and oxygen atoms in total. The van der Waals surface area contributed by atoms with Gasteiger partial charge < -0.3 is 34.3 Å². The number of halogens is 2. The maximum absolute atomic E-state index is 5.33. The third-order valence-corrected chi connectivity index (χ3v) is 8.45. The van der Waals surface area contributed by atoms with E-state index in [0.717, 1.165) is 22.6 Å². The summed E-state index contributed by atoms with van der Waals surface area (Å²) in [6.07, 6.45) is 0. The fourth-order valence-corrected chi connectivity index (χ4v) is 5.69. The monoisotopic (exact) mass is 692 g/mol. The van der Waals surface area contributed by atoms with Crippen LogP contribution in [0.25, 0.3) is 32.7 Å². The van der Waals surface area contributed by atoms with Gasteiger partial charge in [0.25, 0.3) is 0 Å². The molecule has 220 valence electrons. The van der Waals surface area contributed by atoms with Gasteiger partial charge >= 0.3 is 99.2 Å². The number of benzene rings is 5. The first-order chi connectivity index (χ1) is 20.7. The fourth-order valence-electron chi connectivity index (χ4n) is 4.87. The maximum Gasteiger partial charge on any atom is -0.0771 e. The summed E-state index contributed by atoms with van der Waals surface area (Å²) in [7, 11) is 3.32. The van der Waals surface area contributed by atoms with E-state index in [1.807, 2.05) is 30.3 Å². The number of fused-ring (bicyclic) bond motifs is 3.